The Labute approximate surface area is 146 Å². The van der Waals surface area contributed by atoms with Crippen LogP contribution in [0, 0.1) is 0 Å². The van der Waals surface area contributed by atoms with Gasteiger partial charge in [-0.25, -0.2) is 9.97 Å². The van der Waals surface area contributed by atoms with E-state index in [1.54, 1.807) is 13.4 Å². The van der Waals surface area contributed by atoms with Crippen molar-refractivity contribution in [2.24, 2.45) is 0 Å². The molecule has 0 saturated carbocycles. The molecule has 25 heavy (non-hydrogen) atoms. The first kappa shape index (κ1) is 15.7. The van der Waals surface area contributed by atoms with E-state index in [-0.39, 0.29) is 6.10 Å². The smallest absolute Gasteiger partial charge is 0.195 e. The third-order valence-corrected chi connectivity index (χ3v) is 4.14. The molecule has 0 amide bonds. The predicted octanol–water partition coefficient (Wildman–Crippen LogP) is 3.01. The maximum absolute atomic E-state index is 6.00. The fourth-order valence-corrected chi connectivity index (χ4v) is 2.85. The summed E-state index contributed by atoms with van der Waals surface area (Å²) >= 11 is 0. The van der Waals surface area contributed by atoms with Gasteiger partial charge >= 0.3 is 0 Å². The number of hydrogen-bond acceptors (Lipinski definition) is 6. The molecule has 0 N–H and O–H groups in total. The van der Waals surface area contributed by atoms with Gasteiger partial charge in [-0.2, -0.15) is 0 Å². The van der Waals surface area contributed by atoms with Gasteiger partial charge in [-0.3, -0.25) is 4.90 Å². The van der Waals surface area contributed by atoms with Crippen LogP contribution >= 0.6 is 0 Å². The van der Waals surface area contributed by atoms with Crippen molar-refractivity contribution in [3.8, 4) is 23.1 Å². The summed E-state index contributed by atoms with van der Waals surface area (Å²) in [7, 11) is 1.65. The van der Waals surface area contributed by atoms with Gasteiger partial charge in [0.1, 0.15) is 6.10 Å². The van der Waals surface area contributed by atoms with Crippen molar-refractivity contribution < 1.29 is 13.9 Å². The van der Waals surface area contributed by atoms with E-state index in [2.05, 4.69) is 14.9 Å². The zero-order valence-corrected chi connectivity index (χ0v) is 14.0. The van der Waals surface area contributed by atoms with Crippen molar-refractivity contribution in [1.82, 2.24) is 14.9 Å². The predicted molar refractivity (Wildman–Crippen MR) is 92.4 cm³/mol. The van der Waals surface area contributed by atoms with Gasteiger partial charge in [0.25, 0.3) is 0 Å². The number of aromatic nitrogens is 2. The Kier molecular flexibility index (Phi) is 4.35. The van der Waals surface area contributed by atoms with Gasteiger partial charge in [-0.1, -0.05) is 12.1 Å². The van der Waals surface area contributed by atoms with Crippen molar-refractivity contribution in [3.05, 3.63) is 60.6 Å². The number of ether oxygens (including phenoxy) is 2. The maximum atomic E-state index is 6.00. The Hall–Kier alpha value is -2.86. The number of rotatable bonds is 6. The Bertz CT molecular complexity index is 812. The topological polar surface area (TPSA) is 60.6 Å². The van der Waals surface area contributed by atoms with E-state index in [1.807, 2.05) is 48.8 Å². The average Bonchev–Trinajstić information content (AvgIpc) is 3.15. The molecule has 3 heterocycles. The van der Waals surface area contributed by atoms with E-state index < -0.39 is 0 Å². The third kappa shape index (κ3) is 3.49. The van der Waals surface area contributed by atoms with Gasteiger partial charge < -0.3 is 13.9 Å². The lowest BCUT2D eigenvalue weighted by molar-refractivity contribution is 0.0130. The third-order valence-electron chi connectivity index (χ3n) is 4.14. The van der Waals surface area contributed by atoms with Crippen LogP contribution in [-0.2, 0) is 6.54 Å². The molecule has 0 bridgehead atoms. The molecule has 1 aliphatic heterocycles. The minimum absolute atomic E-state index is 0.180. The second kappa shape index (κ2) is 6.94. The maximum Gasteiger partial charge on any atom is 0.195 e. The lowest BCUT2D eigenvalue weighted by Gasteiger charge is -2.39. The number of para-hydroxylation sites is 2. The standard InChI is InChI=1S/C19H19N3O3/c1-23-16-5-2-3-6-17(16)25-15-12-22(13-15)11-14-9-20-19(21-10-14)18-7-4-8-24-18/h2-10,15H,11-13H2,1H3. The Morgan fingerprint density at radius 2 is 1.84 bits per heavy atom. The van der Waals surface area contributed by atoms with E-state index in [9.17, 15) is 0 Å². The Morgan fingerprint density at radius 1 is 1.08 bits per heavy atom. The fraction of sp³-hybridized carbons (Fsp3) is 0.263. The highest BCUT2D eigenvalue weighted by Gasteiger charge is 2.29. The summed E-state index contributed by atoms with van der Waals surface area (Å²) in [6.07, 6.45) is 5.49. The molecule has 3 aromatic rings. The van der Waals surface area contributed by atoms with Gasteiger partial charge in [-0.05, 0) is 24.3 Å². The van der Waals surface area contributed by atoms with Crippen LogP contribution in [0.1, 0.15) is 5.56 Å². The summed E-state index contributed by atoms with van der Waals surface area (Å²) in [5.41, 5.74) is 1.08. The molecule has 0 spiro atoms. The Morgan fingerprint density at radius 3 is 2.52 bits per heavy atom. The van der Waals surface area contributed by atoms with Gasteiger partial charge in [0.15, 0.2) is 23.1 Å². The minimum Gasteiger partial charge on any atom is -0.493 e. The number of furan rings is 1. The van der Waals surface area contributed by atoms with Crippen molar-refractivity contribution >= 4 is 0 Å². The fourth-order valence-electron chi connectivity index (χ4n) is 2.85. The number of likely N-dealkylation sites (tertiary alicyclic amines) is 1. The molecule has 128 valence electrons. The highest BCUT2D eigenvalue weighted by atomic mass is 16.5. The molecule has 1 aliphatic rings. The first-order chi connectivity index (χ1) is 12.3. The summed E-state index contributed by atoms with van der Waals surface area (Å²) < 4.78 is 16.6. The highest BCUT2D eigenvalue weighted by Crippen LogP contribution is 2.29. The molecule has 1 saturated heterocycles. The monoisotopic (exact) mass is 337 g/mol. The molecule has 0 unspecified atom stereocenters. The second-order valence-electron chi connectivity index (χ2n) is 5.98. The zero-order valence-electron chi connectivity index (χ0n) is 14.0. The summed E-state index contributed by atoms with van der Waals surface area (Å²) in [5.74, 6) is 2.85. The van der Waals surface area contributed by atoms with Crippen LogP contribution in [0.25, 0.3) is 11.6 Å². The summed E-state index contributed by atoms with van der Waals surface area (Å²) in [6, 6.07) is 11.4. The van der Waals surface area contributed by atoms with E-state index in [1.165, 1.54) is 0 Å². The van der Waals surface area contributed by atoms with Crippen molar-refractivity contribution in [2.45, 2.75) is 12.6 Å². The van der Waals surface area contributed by atoms with Crippen LogP contribution in [0.3, 0.4) is 0 Å². The van der Waals surface area contributed by atoms with Crippen LogP contribution in [0.2, 0.25) is 0 Å². The van der Waals surface area contributed by atoms with Crippen LogP contribution in [0.5, 0.6) is 11.5 Å². The average molecular weight is 337 g/mol. The van der Waals surface area contributed by atoms with E-state index in [0.29, 0.717) is 11.6 Å². The molecular weight excluding hydrogens is 318 g/mol. The SMILES string of the molecule is COc1ccccc1OC1CN(Cc2cnc(-c3ccco3)nc2)C1. The number of hydrogen-bond donors (Lipinski definition) is 0. The minimum atomic E-state index is 0.180. The van der Waals surface area contributed by atoms with Gasteiger partial charge in [-0.15, -0.1) is 0 Å². The first-order valence-electron chi connectivity index (χ1n) is 8.18. The first-order valence-corrected chi connectivity index (χ1v) is 8.18. The van der Waals surface area contributed by atoms with Crippen LogP contribution < -0.4 is 9.47 Å². The van der Waals surface area contributed by atoms with Crippen molar-refractivity contribution in [1.29, 1.82) is 0 Å². The molecule has 1 aromatic carbocycles. The number of methoxy groups -OCH3 is 1. The zero-order chi connectivity index (χ0) is 17.1. The van der Waals surface area contributed by atoms with E-state index in [4.69, 9.17) is 13.9 Å². The second-order valence-corrected chi connectivity index (χ2v) is 5.98. The molecular formula is C19H19N3O3. The van der Waals surface area contributed by atoms with E-state index >= 15 is 0 Å². The largest absolute Gasteiger partial charge is 0.493 e. The molecule has 0 radical (unpaired) electrons. The molecule has 6 nitrogen and oxygen atoms in total. The Balaban J connectivity index is 1.30. The summed E-state index contributed by atoms with van der Waals surface area (Å²) in [5, 5.41) is 0. The molecule has 6 heteroatoms. The van der Waals surface area contributed by atoms with Gasteiger partial charge in [0, 0.05) is 37.6 Å². The van der Waals surface area contributed by atoms with Crippen LogP contribution in [-0.4, -0.2) is 41.2 Å². The summed E-state index contributed by atoms with van der Waals surface area (Å²) in [4.78, 5) is 11.0. The summed E-state index contributed by atoms with van der Waals surface area (Å²) in [6.45, 7) is 2.56. The molecule has 1 fully saturated rings. The molecule has 4 rings (SSSR count). The normalized spacial score (nSPS) is 14.9. The highest BCUT2D eigenvalue weighted by molar-refractivity contribution is 5.45. The molecule has 0 atom stereocenters. The van der Waals surface area contributed by atoms with Gasteiger partial charge in [0.05, 0.1) is 13.4 Å². The van der Waals surface area contributed by atoms with Gasteiger partial charge in [0.2, 0.25) is 0 Å². The molecule has 0 aliphatic carbocycles. The molecule has 2 aromatic heterocycles. The lowest BCUT2D eigenvalue weighted by atomic mass is 10.1. The van der Waals surface area contributed by atoms with E-state index in [0.717, 1.165) is 36.7 Å². The number of nitrogens with zero attached hydrogens (tertiary/aromatic N) is 3. The van der Waals surface area contributed by atoms with Crippen molar-refractivity contribution in [2.75, 3.05) is 20.2 Å². The van der Waals surface area contributed by atoms with Crippen LogP contribution in [0.15, 0.2) is 59.5 Å². The van der Waals surface area contributed by atoms with Crippen molar-refractivity contribution in [3.63, 3.8) is 0 Å². The number of benzene rings is 1. The lowest BCUT2D eigenvalue weighted by Crippen LogP contribution is -2.53. The quantitative estimate of drug-likeness (QED) is 0.689. The van der Waals surface area contributed by atoms with Crippen LogP contribution in [0.4, 0.5) is 0 Å².